The summed E-state index contributed by atoms with van der Waals surface area (Å²) < 4.78 is 41.6. The average molecular weight is 316 g/mol. The SMILES string of the molecule is COc1c(F)cc(C(=O)N(C)CC2CC2)cc1S(N)(=O)=O. The molecule has 1 fully saturated rings. The second-order valence-corrected chi connectivity index (χ2v) is 6.69. The van der Waals surface area contributed by atoms with E-state index in [0.29, 0.717) is 12.5 Å². The lowest BCUT2D eigenvalue weighted by Crippen LogP contribution is -2.29. The molecule has 0 aromatic heterocycles. The van der Waals surface area contributed by atoms with Crippen LogP contribution in [0, 0.1) is 11.7 Å². The number of carbonyl (C=O) groups excluding carboxylic acids is 1. The molecule has 2 N–H and O–H groups in total. The maximum atomic E-state index is 13.9. The highest BCUT2D eigenvalue weighted by Gasteiger charge is 2.27. The molecular weight excluding hydrogens is 299 g/mol. The molecule has 0 aliphatic heterocycles. The summed E-state index contributed by atoms with van der Waals surface area (Å²) in [6.45, 7) is 0.567. The first-order valence-electron chi connectivity index (χ1n) is 6.40. The monoisotopic (exact) mass is 316 g/mol. The Balaban J connectivity index is 2.40. The smallest absolute Gasteiger partial charge is 0.253 e. The van der Waals surface area contributed by atoms with Crippen LogP contribution in [0.1, 0.15) is 23.2 Å². The van der Waals surface area contributed by atoms with Crippen LogP contribution in [0.25, 0.3) is 0 Å². The molecule has 0 unspecified atom stereocenters. The predicted octanol–water partition coefficient (Wildman–Crippen LogP) is 0.964. The van der Waals surface area contributed by atoms with Crippen molar-refractivity contribution in [3.05, 3.63) is 23.5 Å². The quantitative estimate of drug-likeness (QED) is 0.876. The van der Waals surface area contributed by atoms with Gasteiger partial charge in [-0.2, -0.15) is 0 Å². The fourth-order valence-corrected chi connectivity index (χ4v) is 2.82. The van der Waals surface area contributed by atoms with Gasteiger partial charge in [0.15, 0.2) is 11.6 Å². The minimum Gasteiger partial charge on any atom is -0.492 e. The Bertz CT molecular complexity index is 671. The number of nitrogens with two attached hydrogens (primary N) is 1. The van der Waals surface area contributed by atoms with Crippen LogP contribution in [-0.2, 0) is 10.0 Å². The van der Waals surface area contributed by atoms with Crippen molar-refractivity contribution in [2.24, 2.45) is 11.1 Å². The average Bonchev–Trinajstić information content (AvgIpc) is 3.19. The van der Waals surface area contributed by atoms with Crippen molar-refractivity contribution in [3.8, 4) is 5.75 Å². The van der Waals surface area contributed by atoms with E-state index in [0.717, 1.165) is 32.1 Å². The summed E-state index contributed by atoms with van der Waals surface area (Å²) >= 11 is 0. The van der Waals surface area contributed by atoms with Gasteiger partial charge in [-0.3, -0.25) is 4.79 Å². The predicted molar refractivity (Wildman–Crippen MR) is 74.0 cm³/mol. The third kappa shape index (κ3) is 3.51. The third-order valence-corrected chi connectivity index (χ3v) is 4.26. The summed E-state index contributed by atoms with van der Waals surface area (Å²) in [5.74, 6) is -1.40. The lowest BCUT2D eigenvalue weighted by molar-refractivity contribution is 0.0788. The van der Waals surface area contributed by atoms with Gasteiger partial charge in [0.1, 0.15) is 4.90 Å². The van der Waals surface area contributed by atoms with E-state index in [1.54, 1.807) is 7.05 Å². The molecule has 0 bridgehead atoms. The number of ether oxygens (including phenoxy) is 1. The number of halogens is 1. The van der Waals surface area contributed by atoms with Gasteiger partial charge < -0.3 is 9.64 Å². The first kappa shape index (κ1) is 15.7. The Labute approximate surface area is 122 Å². The van der Waals surface area contributed by atoms with Crippen LogP contribution in [-0.4, -0.2) is 39.9 Å². The molecular formula is C13H17FN2O4S. The normalized spacial score (nSPS) is 14.9. The maximum absolute atomic E-state index is 13.9. The molecule has 0 atom stereocenters. The highest BCUT2D eigenvalue weighted by Crippen LogP contribution is 2.31. The molecule has 1 aromatic carbocycles. The van der Waals surface area contributed by atoms with Crippen LogP contribution in [0.4, 0.5) is 4.39 Å². The van der Waals surface area contributed by atoms with E-state index in [1.807, 2.05) is 0 Å². The molecule has 1 aliphatic rings. The van der Waals surface area contributed by atoms with E-state index < -0.39 is 32.4 Å². The number of rotatable bonds is 5. The minimum absolute atomic E-state index is 0.0690. The van der Waals surface area contributed by atoms with Gasteiger partial charge in [-0.1, -0.05) is 0 Å². The number of hydrogen-bond acceptors (Lipinski definition) is 4. The summed E-state index contributed by atoms with van der Waals surface area (Å²) in [5, 5.41) is 5.04. The van der Waals surface area contributed by atoms with Crippen LogP contribution < -0.4 is 9.88 Å². The highest BCUT2D eigenvalue weighted by atomic mass is 32.2. The second kappa shape index (κ2) is 5.61. The summed E-state index contributed by atoms with van der Waals surface area (Å²) in [7, 11) is -1.47. The van der Waals surface area contributed by atoms with Crippen molar-refractivity contribution in [1.29, 1.82) is 0 Å². The Morgan fingerprint density at radius 1 is 1.48 bits per heavy atom. The molecule has 0 saturated heterocycles. The standard InChI is InChI=1S/C13H17FN2O4S/c1-16(7-8-3-4-8)13(17)9-5-10(14)12(20-2)11(6-9)21(15,18)19/h5-6,8H,3-4,7H2,1-2H3,(H2,15,18,19). The molecule has 0 radical (unpaired) electrons. The lowest BCUT2D eigenvalue weighted by atomic mass is 10.1. The van der Waals surface area contributed by atoms with Crippen LogP contribution in [0.15, 0.2) is 17.0 Å². The van der Waals surface area contributed by atoms with Crippen molar-refractivity contribution in [1.82, 2.24) is 4.90 Å². The molecule has 8 heteroatoms. The Morgan fingerprint density at radius 2 is 2.10 bits per heavy atom. The number of carbonyl (C=O) groups is 1. The number of benzene rings is 1. The fraction of sp³-hybridized carbons (Fsp3) is 0.462. The number of sulfonamides is 1. The first-order valence-corrected chi connectivity index (χ1v) is 7.94. The molecule has 1 amide bonds. The zero-order valence-electron chi connectivity index (χ0n) is 11.8. The van der Waals surface area contributed by atoms with Gasteiger partial charge in [0.2, 0.25) is 10.0 Å². The zero-order chi connectivity index (χ0) is 15.8. The van der Waals surface area contributed by atoms with Crippen LogP contribution >= 0.6 is 0 Å². The topological polar surface area (TPSA) is 89.7 Å². The fourth-order valence-electron chi connectivity index (χ4n) is 2.09. The molecule has 1 saturated carbocycles. The van der Waals surface area contributed by atoms with Crippen LogP contribution in [0.5, 0.6) is 5.75 Å². The van der Waals surface area contributed by atoms with Crippen LogP contribution in [0.3, 0.4) is 0 Å². The largest absolute Gasteiger partial charge is 0.492 e. The first-order chi connectivity index (χ1) is 9.74. The molecule has 6 nitrogen and oxygen atoms in total. The van der Waals surface area contributed by atoms with Gasteiger partial charge in [-0.05, 0) is 30.9 Å². The van der Waals surface area contributed by atoms with Gasteiger partial charge in [-0.25, -0.2) is 17.9 Å². The molecule has 116 valence electrons. The van der Waals surface area contributed by atoms with Crippen molar-refractivity contribution in [3.63, 3.8) is 0 Å². The summed E-state index contributed by atoms with van der Waals surface area (Å²) in [6.07, 6.45) is 2.13. The molecule has 21 heavy (non-hydrogen) atoms. The number of methoxy groups -OCH3 is 1. The van der Waals surface area contributed by atoms with Gasteiger partial charge in [0.25, 0.3) is 5.91 Å². The zero-order valence-corrected chi connectivity index (χ0v) is 12.6. The van der Waals surface area contributed by atoms with Crippen molar-refractivity contribution in [2.75, 3.05) is 20.7 Å². The van der Waals surface area contributed by atoms with E-state index in [1.165, 1.54) is 4.90 Å². The molecule has 0 spiro atoms. The van der Waals surface area contributed by atoms with Crippen LogP contribution in [0.2, 0.25) is 0 Å². The Kier molecular flexibility index (Phi) is 4.20. The van der Waals surface area contributed by atoms with Gasteiger partial charge >= 0.3 is 0 Å². The molecule has 1 aromatic rings. The van der Waals surface area contributed by atoms with Gasteiger partial charge in [0.05, 0.1) is 7.11 Å². The number of nitrogens with zero attached hydrogens (tertiary/aromatic N) is 1. The Morgan fingerprint density at radius 3 is 2.57 bits per heavy atom. The van der Waals surface area contributed by atoms with Crippen molar-refractivity contribution >= 4 is 15.9 Å². The van der Waals surface area contributed by atoms with E-state index in [-0.39, 0.29) is 5.56 Å². The maximum Gasteiger partial charge on any atom is 0.253 e. The van der Waals surface area contributed by atoms with E-state index in [9.17, 15) is 17.6 Å². The summed E-state index contributed by atoms with van der Waals surface area (Å²) in [6, 6.07) is 2.00. The van der Waals surface area contributed by atoms with Gasteiger partial charge in [0, 0.05) is 19.2 Å². The second-order valence-electron chi connectivity index (χ2n) is 5.16. The number of hydrogen-bond donors (Lipinski definition) is 1. The van der Waals surface area contributed by atoms with E-state index >= 15 is 0 Å². The Hall–Kier alpha value is -1.67. The molecule has 2 rings (SSSR count). The number of amides is 1. The van der Waals surface area contributed by atoms with Gasteiger partial charge in [-0.15, -0.1) is 0 Å². The molecule has 1 aliphatic carbocycles. The third-order valence-electron chi connectivity index (χ3n) is 3.34. The van der Waals surface area contributed by atoms with E-state index in [2.05, 4.69) is 0 Å². The summed E-state index contributed by atoms with van der Waals surface area (Å²) in [4.78, 5) is 13.1. The van der Waals surface area contributed by atoms with Crippen molar-refractivity contribution < 1.29 is 22.3 Å². The summed E-state index contributed by atoms with van der Waals surface area (Å²) in [5.41, 5.74) is -0.0690. The minimum atomic E-state index is -4.20. The molecule has 0 heterocycles. The van der Waals surface area contributed by atoms with Crippen molar-refractivity contribution in [2.45, 2.75) is 17.7 Å². The number of primary sulfonamides is 1. The van der Waals surface area contributed by atoms with E-state index in [4.69, 9.17) is 9.88 Å². The highest BCUT2D eigenvalue weighted by molar-refractivity contribution is 7.89. The lowest BCUT2D eigenvalue weighted by Gasteiger charge is -2.18.